The molecule has 0 rings (SSSR count). The Labute approximate surface area is 56.0 Å². The van der Waals surface area contributed by atoms with Gasteiger partial charge in [-0.05, 0) is 13.8 Å². The van der Waals surface area contributed by atoms with Crippen LogP contribution in [0.15, 0.2) is 12.2 Å². The Balaban J connectivity index is 3.88. The zero-order valence-corrected chi connectivity index (χ0v) is 6.19. The first-order valence-corrected chi connectivity index (χ1v) is 2.96. The molecule has 0 aliphatic carbocycles. The quantitative estimate of drug-likeness (QED) is 0.550. The van der Waals surface area contributed by atoms with E-state index in [0.29, 0.717) is 0 Å². The van der Waals surface area contributed by atoms with Crippen molar-refractivity contribution in [1.82, 2.24) is 5.32 Å². The van der Waals surface area contributed by atoms with Gasteiger partial charge in [0.1, 0.15) is 0 Å². The van der Waals surface area contributed by atoms with E-state index in [1.807, 2.05) is 13.8 Å². The molecule has 0 saturated carbocycles. The minimum atomic E-state index is -0.0602. The van der Waals surface area contributed by atoms with Crippen molar-refractivity contribution in [1.29, 1.82) is 0 Å². The van der Waals surface area contributed by atoms with Crippen LogP contribution in [0.2, 0.25) is 0 Å². The van der Waals surface area contributed by atoms with Crippen molar-refractivity contribution in [3.8, 4) is 0 Å². The molecule has 2 heteroatoms. The molecular formula is C7H13NO. The number of rotatable bonds is 2. The summed E-state index contributed by atoms with van der Waals surface area (Å²) in [6.45, 7) is 7.34. The van der Waals surface area contributed by atoms with Gasteiger partial charge >= 0.3 is 0 Å². The molecule has 0 heterocycles. The van der Waals surface area contributed by atoms with E-state index in [4.69, 9.17) is 0 Å². The van der Waals surface area contributed by atoms with Crippen LogP contribution in [0, 0.1) is 5.92 Å². The molecule has 0 aromatic heterocycles. The van der Waals surface area contributed by atoms with Crippen LogP contribution in [0.25, 0.3) is 0 Å². The van der Waals surface area contributed by atoms with Crippen molar-refractivity contribution in [2.75, 3.05) is 7.05 Å². The minimum Gasteiger partial charge on any atom is -0.359 e. The zero-order valence-electron chi connectivity index (χ0n) is 6.19. The Morgan fingerprint density at radius 1 is 1.67 bits per heavy atom. The smallest absolute Gasteiger partial charge is 0.226 e. The monoisotopic (exact) mass is 127 g/mol. The van der Waals surface area contributed by atoms with E-state index in [0.717, 1.165) is 5.57 Å². The van der Waals surface area contributed by atoms with Crippen molar-refractivity contribution in [3.05, 3.63) is 12.2 Å². The molecule has 0 saturated heterocycles. The van der Waals surface area contributed by atoms with Gasteiger partial charge in [-0.2, -0.15) is 0 Å². The average Bonchev–Trinajstić information content (AvgIpc) is 1.84. The Hall–Kier alpha value is -0.790. The van der Waals surface area contributed by atoms with Crippen molar-refractivity contribution >= 4 is 5.91 Å². The van der Waals surface area contributed by atoms with Crippen molar-refractivity contribution < 1.29 is 4.79 Å². The lowest BCUT2D eigenvalue weighted by atomic mass is 10.0. The third-order valence-electron chi connectivity index (χ3n) is 1.38. The summed E-state index contributed by atoms with van der Waals surface area (Å²) in [5, 5.41) is 2.55. The first-order chi connectivity index (χ1) is 4.09. The second kappa shape index (κ2) is 3.28. The van der Waals surface area contributed by atoms with E-state index >= 15 is 0 Å². The van der Waals surface area contributed by atoms with Crippen LogP contribution < -0.4 is 5.32 Å². The molecule has 0 aliphatic heterocycles. The zero-order chi connectivity index (χ0) is 7.44. The summed E-state index contributed by atoms with van der Waals surface area (Å²) >= 11 is 0. The lowest BCUT2D eigenvalue weighted by molar-refractivity contribution is -0.122. The normalized spacial score (nSPS) is 12.3. The van der Waals surface area contributed by atoms with Crippen LogP contribution in [-0.4, -0.2) is 13.0 Å². The third-order valence-corrected chi connectivity index (χ3v) is 1.38. The topological polar surface area (TPSA) is 29.1 Å². The van der Waals surface area contributed by atoms with Gasteiger partial charge in [0.25, 0.3) is 0 Å². The van der Waals surface area contributed by atoms with Crippen LogP contribution in [0.4, 0.5) is 0 Å². The minimum absolute atomic E-state index is 0.0301. The first-order valence-electron chi connectivity index (χ1n) is 2.96. The summed E-state index contributed by atoms with van der Waals surface area (Å²) in [6, 6.07) is 0. The van der Waals surface area contributed by atoms with Gasteiger partial charge in [0, 0.05) is 7.05 Å². The Morgan fingerprint density at radius 2 is 2.11 bits per heavy atom. The maximum absolute atomic E-state index is 10.8. The van der Waals surface area contributed by atoms with Gasteiger partial charge in [-0.3, -0.25) is 4.79 Å². The molecule has 2 nitrogen and oxygen atoms in total. The van der Waals surface area contributed by atoms with E-state index in [1.54, 1.807) is 7.05 Å². The summed E-state index contributed by atoms with van der Waals surface area (Å²) in [6.07, 6.45) is 0. The highest BCUT2D eigenvalue weighted by atomic mass is 16.1. The number of hydrogen-bond acceptors (Lipinski definition) is 1. The number of nitrogens with one attached hydrogen (secondary N) is 1. The van der Waals surface area contributed by atoms with E-state index in [9.17, 15) is 4.79 Å². The maximum Gasteiger partial charge on any atom is 0.226 e. The maximum atomic E-state index is 10.8. The van der Waals surface area contributed by atoms with Crippen molar-refractivity contribution in [2.45, 2.75) is 13.8 Å². The second-order valence-corrected chi connectivity index (χ2v) is 2.18. The Bertz CT molecular complexity index is 129. The molecule has 52 valence electrons. The summed E-state index contributed by atoms with van der Waals surface area (Å²) in [5.74, 6) is -0.0301. The second-order valence-electron chi connectivity index (χ2n) is 2.18. The van der Waals surface area contributed by atoms with E-state index in [-0.39, 0.29) is 11.8 Å². The predicted octanol–water partition coefficient (Wildman–Crippen LogP) is 0.945. The van der Waals surface area contributed by atoms with Crippen LogP contribution in [0.1, 0.15) is 13.8 Å². The SMILES string of the molecule is C=C(C)C(C)C(=O)NC. The van der Waals surface area contributed by atoms with E-state index in [1.165, 1.54) is 0 Å². The third kappa shape index (κ3) is 2.31. The van der Waals surface area contributed by atoms with Crippen molar-refractivity contribution in [3.63, 3.8) is 0 Å². The molecule has 1 amide bonds. The molecule has 1 unspecified atom stereocenters. The molecular weight excluding hydrogens is 114 g/mol. The van der Waals surface area contributed by atoms with Crippen LogP contribution >= 0.6 is 0 Å². The Morgan fingerprint density at radius 3 is 2.22 bits per heavy atom. The van der Waals surface area contributed by atoms with Crippen LogP contribution in [0.3, 0.4) is 0 Å². The highest BCUT2D eigenvalue weighted by Gasteiger charge is 2.09. The molecule has 1 N–H and O–H groups in total. The summed E-state index contributed by atoms with van der Waals surface area (Å²) in [7, 11) is 1.63. The van der Waals surface area contributed by atoms with Crippen molar-refractivity contribution in [2.24, 2.45) is 5.92 Å². The van der Waals surface area contributed by atoms with Gasteiger partial charge in [-0.1, -0.05) is 12.2 Å². The molecule has 0 radical (unpaired) electrons. The molecule has 1 atom stereocenters. The highest BCUT2D eigenvalue weighted by molar-refractivity contribution is 5.80. The molecule has 9 heavy (non-hydrogen) atoms. The van der Waals surface area contributed by atoms with Gasteiger partial charge in [0.2, 0.25) is 5.91 Å². The van der Waals surface area contributed by atoms with Crippen LogP contribution in [0.5, 0.6) is 0 Å². The molecule has 0 spiro atoms. The van der Waals surface area contributed by atoms with E-state index < -0.39 is 0 Å². The Kier molecular flexibility index (Phi) is 2.99. The molecule has 0 aliphatic rings. The highest BCUT2D eigenvalue weighted by Crippen LogP contribution is 2.05. The average molecular weight is 127 g/mol. The van der Waals surface area contributed by atoms with Gasteiger partial charge in [0.05, 0.1) is 5.92 Å². The van der Waals surface area contributed by atoms with E-state index in [2.05, 4.69) is 11.9 Å². The molecule has 0 aromatic carbocycles. The largest absolute Gasteiger partial charge is 0.359 e. The van der Waals surface area contributed by atoms with Gasteiger partial charge in [0.15, 0.2) is 0 Å². The standard InChI is InChI=1S/C7H13NO/c1-5(2)6(3)7(9)8-4/h6H,1H2,2-4H3,(H,8,9). The summed E-state index contributed by atoms with van der Waals surface area (Å²) < 4.78 is 0. The number of amides is 1. The number of carbonyl (C=O) groups is 1. The summed E-state index contributed by atoms with van der Waals surface area (Å²) in [5.41, 5.74) is 0.898. The fourth-order valence-corrected chi connectivity index (χ4v) is 0.440. The fraction of sp³-hybridized carbons (Fsp3) is 0.571. The molecule has 0 bridgehead atoms. The number of carbonyl (C=O) groups excluding carboxylic acids is 1. The molecule has 0 fully saturated rings. The van der Waals surface area contributed by atoms with Gasteiger partial charge in [-0.25, -0.2) is 0 Å². The predicted molar refractivity (Wildman–Crippen MR) is 38.0 cm³/mol. The van der Waals surface area contributed by atoms with Gasteiger partial charge < -0.3 is 5.32 Å². The lowest BCUT2D eigenvalue weighted by Gasteiger charge is -2.07. The summed E-state index contributed by atoms with van der Waals surface area (Å²) in [4.78, 5) is 10.8. The van der Waals surface area contributed by atoms with Gasteiger partial charge in [-0.15, -0.1) is 0 Å². The lowest BCUT2D eigenvalue weighted by Crippen LogP contribution is -2.25. The van der Waals surface area contributed by atoms with Crippen LogP contribution in [-0.2, 0) is 4.79 Å². The first kappa shape index (κ1) is 8.21. The fourth-order valence-electron chi connectivity index (χ4n) is 0.440. The number of hydrogen-bond donors (Lipinski definition) is 1. The molecule has 0 aromatic rings.